The van der Waals surface area contributed by atoms with Gasteiger partial charge in [-0.1, -0.05) is 57.9 Å². The number of rotatable bonds is 5. The summed E-state index contributed by atoms with van der Waals surface area (Å²) < 4.78 is 0. The molecule has 1 atom stereocenters. The van der Waals surface area contributed by atoms with Crippen LogP contribution in [0.15, 0.2) is 23.3 Å². The molecule has 1 aliphatic rings. The summed E-state index contributed by atoms with van der Waals surface area (Å²) in [6, 6.07) is 0. The molecule has 1 aliphatic carbocycles. The minimum Gasteiger partial charge on any atom is -0.396 e. The van der Waals surface area contributed by atoms with E-state index in [0.29, 0.717) is 11.8 Å². The van der Waals surface area contributed by atoms with Crippen LogP contribution in [0, 0.1) is 17.3 Å². The molecule has 0 saturated carbocycles. The fourth-order valence-corrected chi connectivity index (χ4v) is 2.58. The number of allylic oxidation sites excluding steroid dienone is 4. The van der Waals surface area contributed by atoms with E-state index in [9.17, 15) is 5.11 Å². The molecule has 0 bridgehead atoms. The van der Waals surface area contributed by atoms with Crippen LogP contribution in [-0.2, 0) is 0 Å². The van der Waals surface area contributed by atoms with Crippen molar-refractivity contribution in [3.8, 4) is 0 Å². The van der Waals surface area contributed by atoms with Gasteiger partial charge < -0.3 is 5.11 Å². The highest BCUT2D eigenvalue weighted by atomic mass is 16.3. The molecule has 0 radical (unpaired) electrons. The van der Waals surface area contributed by atoms with E-state index in [4.69, 9.17) is 0 Å². The van der Waals surface area contributed by atoms with Gasteiger partial charge in [0, 0.05) is 6.61 Å². The fourth-order valence-electron chi connectivity index (χ4n) is 2.58. The summed E-state index contributed by atoms with van der Waals surface area (Å²) in [6.45, 7) is 11.4. The van der Waals surface area contributed by atoms with Crippen LogP contribution in [0.25, 0.3) is 0 Å². The van der Waals surface area contributed by atoms with Gasteiger partial charge in [-0.3, -0.25) is 0 Å². The van der Waals surface area contributed by atoms with E-state index >= 15 is 0 Å². The van der Waals surface area contributed by atoms with Gasteiger partial charge in [-0.25, -0.2) is 0 Å². The van der Waals surface area contributed by atoms with Crippen LogP contribution < -0.4 is 0 Å². The second kappa shape index (κ2) is 5.86. The Morgan fingerprint density at radius 3 is 2.29 bits per heavy atom. The molecule has 0 amide bonds. The van der Waals surface area contributed by atoms with Crippen molar-refractivity contribution >= 4 is 0 Å². The molecule has 0 aromatic rings. The van der Waals surface area contributed by atoms with Crippen LogP contribution in [0.2, 0.25) is 0 Å². The van der Waals surface area contributed by atoms with Crippen LogP contribution >= 0.6 is 0 Å². The molecule has 1 unspecified atom stereocenters. The lowest BCUT2D eigenvalue weighted by Gasteiger charge is -2.29. The molecule has 0 saturated heterocycles. The van der Waals surface area contributed by atoms with E-state index in [2.05, 4.69) is 46.8 Å². The largest absolute Gasteiger partial charge is 0.396 e. The maximum atomic E-state index is 9.35. The van der Waals surface area contributed by atoms with Gasteiger partial charge >= 0.3 is 0 Å². The Balaban J connectivity index is 2.60. The fraction of sp³-hybridized carbons (Fsp3) is 0.750. The van der Waals surface area contributed by atoms with Gasteiger partial charge in [0.1, 0.15) is 0 Å². The lowest BCUT2D eigenvalue weighted by atomic mass is 9.77. The van der Waals surface area contributed by atoms with Gasteiger partial charge in [0.2, 0.25) is 0 Å². The smallest absolute Gasteiger partial charge is 0.0482 e. The first kappa shape index (κ1) is 14.5. The van der Waals surface area contributed by atoms with Crippen LogP contribution in [-0.4, -0.2) is 11.7 Å². The monoisotopic (exact) mass is 236 g/mol. The third-order valence-corrected chi connectivity index (χ3v) is 3.83. The number of hydrogen-bond acceptors (Lipinski definition) is 1. The molecule has 0 spiro atoms. The maximum absolute atomic E-state index is 9.35. The highest BCUT2D eigenvalue weighted by Crippen LogP contribution is 2.34. The summed E-state index contributed by atoms with van der Waals surface area (Å²) in [6.07, 6.45) is 8.05. The van der Waals surface area contributed by atoms with Crippen molar-refractivity contribution in [2.75, 3.05) is 6.61 Å². The first-order chi connectivity index (χ1) is 7.85. The summed E-state index contributed by atoms with van der Waals surface area (Å²) >= 11 is 0. The number of aliphatic hydroxyl groups is 1. The van der Waals surface area contributed by atoms with Crippen molar-refractivity contribution in [1.29, 1.82) is 0 Å². The Hall–Kier alpha value is -0.560. The molecular weight excluding hydrogens is 208 g/mol. The molecule has 0 aromatic heterocycles. The zero-order valence-corrected chi connectivity index (χ0v) is 12.1. The number of hydrogen-bond donors (Lipinski definition) is 1. The van der Waals surface area contributed by atoms with Gasteiger partial charge in [0.05, 0.1) is 0 Å². The molecule has 0 aliphatic heterocycles. The van der Waals surface area contributed by atoms with Crippen LogP contribution in [0.5, 0.6) is 0 Å². The van der Waals surface area contributed by atoms with Crippen molar-refractivity contribution in [3.05, 3.63) is 23.3 Å². The Morgan fingerprint density at radius 1 is 1.18 bits per heavy atom. The molecule has 0 heterocycles. The summed E-state index contributed by atoms with van der Waals surface area (Å²) in [5.74, 6) is 1.25. The standard InChI is InChI=1S/C16H28O/c1-12(2)14-7-6-8-15(9-14)13(3)10-16(4,5)11-17/h7-8,12-13,17H,6,9-11H2,1-5H3. The topological polar surface area (TPSA) is 20.2 Å². The minimum atomic E-state index is 0.0411. The van der Waals surface area contributed by atoms with Gasteiger partial charge in [0.25, 0.3) is 0 Å². The van der Waals surface area contributed by atoms with Crippen molar-refractivity contribution in [2.24, 2.45) is 17.3 Å². The lowest BCUT2D eigenvalue weighted by molar-refractivity contribution is 0.138. The molecule has 1 nitrogen and oxygen atoms in total. The molecule has 1 heteroatoms. The predicted molar refractivity (Wildman–Crippen MR) is 74.9 cm³/mol. The van der Waals surface area contributed by atoms with E-state index < -0.39 is 0 Å². The second-order valence-corrected chi connectivity index (χ2v) is 6.55. The van der Waals surface area contributed by atoms with E-state index in [1.807, 2.05) is 0 Å². The van der Waals surface area contributed by atoms with Crippen LogP contribution in [0.4, 0.5) is 0 Å². The molecule has 1 N–H and O–H groups in total. The summed E-state index contributed by atoms with van der Waals surface area (Å²) in [5.41, 5.74) is 3.19. The van der Waals surface area contributed by atoms with Crippen molar-refractivity contribution in [3.63, 3.8) is 0 Å². The van der Waals surface area contributed by atoms with Crippen molar-refractivity contribution in [1.82, 2.24) is 0 Å². The zero-order chi connectivity index (χ0) is 13.1. The van der Waals surface area contributed by atoms with Gasteiger partial charge in [-0.15, -0.1) is 0 Å². The normalized spacial score (nSPS) is 19.0. The highest BCUT2D eigenvalue weighted by Gasteiger charge is 2.23. The third-order valence-electron chi connectivity index (χ3n) is 3.83. The van der Waals surface area contributed by atoms with E-state index in [0.717, 1.165) is 19.3 Å². The van der Waals surface area contributed by atoms with Crippen LogP contribution in [0.1, 0.15) is 53.9 Å². The first-order valence-electron chi connectivity index (χ1n) is 6.84. The highest BCUT2D eigenvalue weighted by molar-refractivity contribution is 5.25. The maximum Gasteiger partial charge on any atom is 0.0482 e. The summed E-state index contributed by atoms with van der Waals surface area (Å²) in [7, 11) is 0. The van der Waals surface area contributed by atoms with E-state index in [1.54, 1.807) is 11.1 Å². The molecule has 17 heavy (non-hydrogen) atoms. The van der Waals surface area contributed by atoms with E-state index in [1.165, 1.54) is 0 Å². The molecule has 0 fully saturated rings. The minimum absolute atomic E-state index is 0.0411. The van der Waals surface area contributed by atoms with Gasteiger partial charge in [-0.2, -0.15) is 0 Å². The predicted octanol–water partition coefficient (Wildman–Crippen LogP) is 4.33. The zero-order valence-electron chi connectivity index (χ0n) is 12.1. The van der Waals surface area contributed by atoms with Crippen LogP contribution in [0.3, 0.4) is 0 Å². The van der Waals surface area contributed by atoms with E-state index in [-0.39, 0.29) is 12.0 Å². The average Bonchev–Trinajstić information content (AvgIpc) is 2.28. The molecular formula is C16H28O. The van der Waals surface area contributed by atoms with Gasteiger partial charge in [0.15, 0.2) is 0 Å². The average molecular weight is 236 g/mol. The Labute approximate surface area is 107 Å². The molecule has 1 rings (SSSR count). The second-order valence-electron chi connectivity index (χ2n) is 6.55. The lowest BCUT2D eigenvalue weighted by Crippen LogP contribution is -2.21. The Bertz CT molecular complexity index is 307. The quantitative estimate of drug-likeness (QED) is 0.704. The third kappa shape index (κ3) is 4.31. The summed E-state index contributed by atoms with van der Waals surface area (Å²) in [4.78, 5) is 0. The Kier molecular flexibility index (Phi) is 5.00. The first-order valence-corrected chi connectivity index (χ1v) is 6.84. The number of aliphatic hydroxyl groups excluding tert-OH is 1. The van der Waals surface area contributed by atoms with Gasteiger partial charge in [-0.05, 0) is 36.5 Å². The van der Waals surface area contributed by atoms with Crippen molar-refractivity contribution in [2.45, 2.75) is 53.9 Å². The summed E-state index contributed by atoms with van der Waals surface area (Å²) in [5, 5.41) is 9.35. The van der Waals surface area contributed by atoms with Crippen molar-refractivity contribution < 1.29 is 5.11 Å². The SMILES string of the molecule is CC(C)C1=CCC=C(C(C)CC(C)(C)CO)C1. The molecule has 98 valence electrons. The molecule has 0 aromatic carbocycles. The Morgan fingerprint density at radius 2 is 1.76 bits per heavy atom.